The molecule has 3 aliphatic heterocycles. The molecule has 1 aromatic carbocycles. The molecule has 0 spiro atoms. The van der Waals surface area contributed by atoms with Crippen molar-refractivity contribution in [3.8, 4) is 0 Å². The third kappa shape index (κ3) is 6.39. The lowest BCUT2D eigenvalue weighted by Gasteiger charge is -2.36. The number of amides is 3. The zero-order valence-electron chi connectivity index (χ0n) is 23.1. The number of rotatable bonds is 9. The van der Waals surface area contributed by atoms with Gasteiger partial charge in [0.25, 0.3) is 5.91 Å². The van der Waals surface area contributed by atoms with E-state index < -0.39 is 35.7 Å². The molecule has 5 rings (SSSR count). The molecular weight excluding hydrogens is 554 g/mol. The predicted molar refractivity (Wildman–Crippen MR) is 146 cm³/mol. The number of allylic oxidation sites excluding steroid dienone is 2. The van der Waals surface area contributed by atoms with Crippen LogP contribution in [0.5, 0.6) is 0 Å². The standard InChI is InChI=1S/C29H32F2N4O7/c1-2-40-26(37)8-7-20-17-35(29(39)41-20)19-14-21(30)27(22(31)15-19)34-11-9-33(10-12-34)25(36)16-32-28(38)24-13-18-5-3-4-6-23(18)42-24/h3-6,13-15,18,20,23H,2,7-12,16-17H2,1H3,(H,32,38)/t18?,20-,23?/m0/s1. The summed E-state index contributed by atoms with van der Waals surface area (Å²) in [7, 11) is 0. The van der Waals surface area contributed by atoms with Gasteiger partial charge in [-0.3, -0.25) is 19.3 Å². The van der Waals surface area contributed by atoms with Gasteiger partial charge in [0.1, 0.15) is 17.9 Å². The lowest BCUT2D eigenvalue weighted by molar-refractivity contribution is -0.143. The van der Waals surface area contributed by atoms with E-state index in [2.05, 4.69) is 5.32 Å². The molecule has 11 nitrogen and oxygen atoms in total. The molecule has 2 unspecified atom stereocenters. The molecule has 0 aromatic heterocycles. The molecule has 13 heteroatoms. The molecule has 2 fully saturated rings. The Morgan fingerprint density at radius 3 is 2.45 bits per heavy atom. The zero-order valence-corrected chi connectivity index (χ0v) is 23.1. The molecule has 3 amide bonds. The van der Waals surface area contributed by atoms with Crippen LogP contribution in [0.2, 0.25) is 0 Å². The Balaban J connectivity index is 1.11. The molecule has 42 heavy (non-hydrogen) atoms. The van der Waals surface area contributed by atoms with Crippen molar-refractivity contribution in [2.45, 2.75) is 32.0 Å². The van der Waals surface area contributed by atoms with Crippen LogP contribution in [-0.2, 0) is 28.6 Å². The van der Waals surface area contributed by atoms with E-state index in [0.29, 0.717) is 0 Å². The van der Waals surface area contributed by atoms with Gasteiger partial charge in [-0.1, -0.05) is 18.2 Å². The first-order valence-corrected chi connectivity index (χ1v) is 13.9. The van der Waals surface area contributed by atoms with E-state index in [0.717, 1.165) is 17.0 Å². The maximum Gasteiger partial charge on any atom is 0.414 e. The Morgan fingerprint density at radius 2 is 1.76 bits per heavy atom. The number of piperazine rings is 1. The largest absolute Gasteiger partial charge is 0.480 e. The molecule has 1 aromatic rings. The molecule has 3 atom stereocenters. The van der Waals surface area contributed by atoms with Crippen LogP contribution in [0, 0.1) is 17.6 Å². The number of hydrogen-bond donors (Lipinski definition) is 1. The van der Waals surface area contributed by atoms with Gasteiger partial charge in [-0.25, -0.2) is 13.6 Å². The fraction of sp³-hybridized carbons (Fsp3) is 0.448. The van der Waals surface area contributed by atoms with Crippen LogP contribution in [0.4, 0.5) is 25.0 Å². The molecule has 4 aliphatic rings. The minimum absolute atomic E-state index is 0.00888. The Morgan fingerprint density at radius 1 is 1.05 bits per heavy atom. The zero-order chi connectivity index (χ0) is 29.8. The van der Waals surface area contributed by atoms with E-state index in [4.69, 9.17) is 14.2 Å². The summed E-state index contributed by atoms with van der Waals surface area (Å²) in [4.78, 5) is 53.3. The van der Waals surface area contributed by atoms with Crippen molar-refractivity contribution in [1.29, 1.82) is 0 Å². The average Bonchev–Trinajstić information content (AvgIpc) is 3.58. The topological polar surface area (TPSA) is 118 Å². The number of nitrogens with zero attached hydrogens (tertiary/aromatic N) is 3. The number of halogens is 2. The van der Waals surface area contributed by atoms with Crippen molar-refractivity contribution in [2.24, 2.45) is 5.92 Å². The summed E-state index contributed by atoms with van der Waals surface area (Å²) < 4.78 is 46.1. The van der Waals surface area contributed by atoms with Crippen molar-refractivity contribution in [2.75, 3.05) is 55.7 Å². The summed E-state index contributed by atoms with van der Waals surface area (Å²) in [5.74, 6) is -2.76. The van der Waals surface area contributed by atoms with Crippen LogP contribution in [0.15, 0.2) is 48.3 Å². The average molecular weight is 587 g/mol. The Bertz CT molecular complexity index is 1320. The highest BCUT2D eigenvalue weighted by Crippen LogP contribution is 2.32. The van der Waals surface area contributed by atoms with Crippen LogP contribution in [0.25, 0.3) is 0 Å². The van der Waals surface area contributed by atoms with Crippen molar-refractivity contribution >= 4 is 35.3 Å². The number of hydrogen-bond acceptors (Lipinski definition) is 8. The number of ether oxygens (including phenoxy) is 3. The third-order valence-electron chi connectivity index (χ3n) is 7.47. The number of esters is 1. The number of anilines is 2. The molecule has 0 bridgehead atoms. The summed E-state index contributed by atoms with van der Waals surface area (Å²) in [5, 5.41) is 2.58. The number of carbonyl (C=O) groups is 4. The van der Waals surface area contributed by atoms with Crippen LogP contribution >= 0.6 is 0 Å². The normalized spacial score (nSPS) is 22.8. The Kier molecular flexibility index (Phi) is 8.74. The minimum atomic E-state index is -0.852. The highest BCUT2D eigenvalue weighted by Gasteiger charge is 2.35. The number of fused-ring (bicyclic) bond motifs is 1. The third-order valence-corrected chi connectivity index (χ3v) is 7.47. The summed E-state index contributed by atoms with van der Waals surface area (Å²) in [6.07, 6.45) is 7.95. The first-order valence-electron chi connectivity index (χ1n) is 13.9. The summed E-state index contributed by atoms with van der Waals surface area (Å²) in [5.41, 5.74) is -0.241. The predicted octanol–water partition coefficient (Wildman–Crippen LogP) is 2.42. The quantitative estimate of drug-likeness (QED) is 0.439. The van der Waals surface area contributed by atoms with Crippen molar-refractivity contribution in [3.05, 3.63) is 59.9 Å². The van der Waals surface area contributed by atoms with Crippen LogP contribution in [-0.4, -0.2) is 86.9 Å². The molecule has 3 heterocycles. The molecular formula is C29H32F2N4O7. The summed E-state index contributed by atoms with van der Waals surface area (Å²) in [6, 6.07) is 2.14. The van der Waals surface area contributed by atoms with Crippen molar-refractivity contribution in [3.63, 3.8) is 0 Å². The van der Waals surface area contributed by atoms with Gasteiger partial charge >= 0.3 is 12.1 Å². The maximum atomic E-state index is 15.2. The number of benzene rings is 1. The van der Waals surface area contributed by atoms with Crippen molar-refractivity contribution in [1.82, 2.24) is 10.2 Å². The molecule has 1 N–H and O–H groups in total. The Hall–Kier alpha value is -4.42. The molecule has 0 radical (unpaired) electrons. The van der Waals surface area contributed by atoms with Gasteiger partial charge in [0.05, 0.1) is 25.4 Å². The Labute approximate surface area is 241 Å². The second-order valence-electron chi connectivity index (χ2n) is 10.2. The van der Waals surface area contributed by atoms with E-state index in [1.165, 1.54) is 9.80 Å². The monoisotopic (exact) mass is 586 g/mol. The second kappa shape index (κ2) is 12.6. The first-order chi connectivity index (χ1) is 20.2. The maximum absolute atomic E-state index is 15.2. The van der Waals surface area contributed by atoms with Gasteiger partial charge in [-0.05, 0) is 25.5 Å². The molecule has 0 saturated carbocycles. The van der Waals surface area contributed by atoms with Gasteiger partial charge in [-0.2, -0.15) is 0 Å². The first kappa shape index (κ1) is 29.1. The van der Waals surface area contributed by atoms with Gasteiger partial charge in [0, 0.05) is 50.7 Å². The number of carbonyl (C=O) groups excluding carboxylic acids is 4. The van der Waals surface area contributed by atoms with Gasteiger partial charge in [0.15, 0.2) is 17.4 Å². The minimum Gasteiger partial charge on any atom is -0.480 e. The van der Waals surface area contributed by atoms with Gasteiger partial charge in [0.2, 0.25) is 5.91 Å². The highest BCUT2D eigenvalue weighted by atomic mass is 19.1. The summed E-state index contributed by atoms with van der Waals surface area (Å²) >= 11 is 0. The van der Waals surface area contributed by atoms with E-state index >= 15 is 8.78 Å². The number of nitrogens with one attached hydrogen (secondary N) is 1. The van der Waals surface area contributed by atoms with Crippen LogP contribution in [0.1, 0.15) is 19.8 Å². The van der Waals surface area contributed by atoms with E-state index in [9.17, 15) is 19.2 Å². The SMILES string of the molecule is CCOC(=O)CC[C@H]1CN(c2cc(F)c(N3CCN(C(=O)CNC(=O)C4=CC5C=CC=CC5O4)CC3)c(F)c2)C(=O)O1. The van der Waals surface area contributed by atoms with Crippen LogP contribution < -0.4 is 15.1 Å². The van der Waals surface area contributed by atoms with E-state index in [1.54, 1.807) is 13.0 Å². The highest BCUT2D eigenvalue weighted by molar-refractivity contribution is 5.94. The molecule has 224 valence electrons. The van der Waals surface area contributed by atoms with Crippen molar-refractivity contribution < 1.29 is 42.2 Å². The molecule has 2 saturated heterocycles. The molecule has 1 aliphatic carbocycles. The smallest absolute Gasteiger partial charge is 0.414 e. The lowest BCUT2D eigenvalue weighted by atomic mass is 9.99. The van der Waals surface area contributed by atoms with Gasteiger partial charge < -0.3 is 29.3 Å². The fourth-order valence-electron chi connectivity index (χ4n) is 5.30. The van der Waals surface area contributed by atoms with E-state index in [1.807, 2.05) is 24.3 Å². The lowest BCUT2D eigenvalue weighted by Crippen LogP contribution is -2.51. The summed E-state index contributed by atoms with van der Waals surface area (Å²) in [6.45, 7) is 2.50. The number of cyclic esters (lactones) is 1. The second-order valence-corrected chi connectivity index (χ2v) is 10.2. The van der Waals surface area contributed by atoms with Gasteiger partial charge in [-0.15, -0.1) is 0 Å². The fourth-order valence-corrected chi connectivity index (χ4v) is 5.30. The van der Waals surface area contributed by atoms with Crippen LogP contribution in [0.3, 0.4) is 0 Å². The van der Waals surface area contributed by atoms with E-state index in [-0.39, 0.29) is 93.8 Å².